The van der Waals surface area contributed by atoms with Crippen LogP contribution in [0.5, 0.6) is 0 Å². The average Bonchev–Trinajstić information content (AvgIpc) is 3.37. The van der Waals surface area contributed by atoms with E-state index in [9.17, 15) is 14.4 Å². The second-order valence-electron chi connectivity index (χ2n) is 5.96. The maximum atomic E-state index is 12.6. The van der Waals surface area contributed by atoms with Gasteiger partial charge < -0.3 is 20.5 Å². The standard InChI is InChI=1S/C19H17ClN4O5S3/c1-2-28-17(27)15-11(10-5-3-4-6-12(10)20)8-30-16(15)22-13(25)7-29-14(26)9-31-19-24-23-18(21)32-19/h3-6,8H,2,7,9H2,1H3,(H2,21,23)(H,22,25). The van der Waals surface area contributed by atoms with Crippen LogP contribution in [-0.4, -0.2) is 47.0 Å². The van der Waals surface area contributed by atoms with E-state index in [4.69, 9.17) is 26.8 Å². The number of halogens is 1. The van der Waals surface area contributed by atoms with Crippen LogP contribution in [0.25, 0.3) is 11.1 Å². The smallest absolute Gasteiger partial charge is 0.341 e. The highest BCUT2D eigenvalue weighted by Crippen LogP contribution is 2.39. The van der Waals surface area contributed by atoms with E-state index >= 15 is 0 Å². The molecule has 0 fully saturated rings. The highest BCUT2D eigenvalue weighted by molar-refractivity contribution is 8.01. The summed E-state index contributed by atoms with van der Waals surface area (Å²) in [5.74, 6) is -1.84. The Labute approximate surface area is 200 Å². The first kappa shape index (κ1) is 24.0. The fraction of sp³-hybridized carbons (Fsp3) is 0.211. The zero-order valence-electron chi connectivity index (χ0n) is 16.6. The lowest BCUT2D eigenvalue weighted by atomic mass is 10.0. The van der Waals surface area contributed by atoms with Gasteiger partial charge in [0.1, 0.15) is 10.6 Å². The number of ether oxygens (including phenoxy) is 2. The molecule has 2 aromatic heterocycles. The molecular formula is C19H17ClN4O5S3. The van der Waals surface area contributed by atoms with Crippen molar-refractivity contribution in [3.63, 3.8) is 0 Å². The highest BCUT2D eigenvalue weighted by Gasteiger charge is 2.24. The van der Waals surface area contributed by atoms with Gasteiger partial charge in [-0.05, 0) is 13.0 Å². The van der Waals surface area contributed by atoms with Gasteiger partial charge in [0, 0.05) is 21.5 Å². The minimum Gasteiger partial charge on any atom is -0.462 e. The van der Waals surface area contributed by atoms with Gasteiger partial charge in [0.2, 0.25) is 5.13 Å². The van der Waals surface area contributed by atoms with Crippen molar-refractivity contribution in [3.05, 3.63) is 40.2 Å². The minimum absolute atomic E-state index is 0.0500. The first-order valence-electron chi connectivity index (χ1n) is 9.09. The van der Waals surface area contributed by atoms with E-state index < -0.39 is 24.5 Å². The average molecular weight is 513 g/mol. The molecule has 0 bridgehead atoms. The van der Waals surface area contributed by atoms with Gasteiger partial charge in [0.15, 0.2) is 10.9 Å². The Balaban J connectivity index is 1.65. The van der Waals surface area contributed by atoms with Gasteiger partial charge in [0.05, 0.1) is 12.4 Å². The SMILES string of the molecule is CCOC(=O)c1c(-c2ccccc2Cl)csc1NC(=O)COC(=O)CSc1nnc(N)s1. The van der Waals surface area contributed by atoms with E-state index in [2.05, 4.69) is 15.5 Å². The van der Waals surface area contributed by atoms with Crippen LogP contribution in [0.15, 0.2) is 34.0 Å². The number of aromatic nitrogens is 2. The molecule has 13 heteroatoms. The molecule has 9 nitrogen and oxygen atoms in total. The summed E-state index contributed by atoms with van der Waals surface area (Å²) in [5, 5.41) is 12.8. The Morgan fingerprint density at radius 3 is 2.66 bits per heavy atom. The quantitative estimate of drug-likeness (QED) is 0.322. The normalized spacial score (nSPS) is 10.6. The molecule has 3 aromatic rings. The molecule has 168 valence electrons. The van der Waals surface area contributed by atoms with Crippen LogP contribution < -0.4 is 11.1 Å². The summed E-state index contributed by atoms with van der Waals surface area (Å²) in [7, 11) is 0. The zero-order valence-corrected chi connectivity index (χ0v) is 19.8. The Bertz CT molecular complexity index is 1130. The third-order valence-corrected chi connectivity index (χ3v) is 6.87. The number of rotatable bonds is 9. The van der Waals surface area contributed by atoms with Gasteiger partial charge in [-0.25, -0.2) is 4.79 Å². The van der Waals surface area contributed by atoms with Crippen LogP contribution in [-0.2, 0) is 19.1 Å². The lowest BCUT2D eigenvalue weighted by Gasteiger charge is -2.10. The molecule has 32 heavy (non-hydrogen) atoms. The maximum Gasteiger partial charge on any atom is 0.341 e. The number of amides is 1. The zero-order chi connectivity index (χ0) is 23.1. The monoisotopic (exact) mass is 512 g/mol. The first-order valence-corrected chi connectivity index (χ1v) is 12.2. The molecule has 0 unspecified atom stereocenters. The molecule has 0 spiro atoms. The van der Waals surface area contributed by atoms with Gasteiger partial charge in [-0.15, -0.1) is 21.5 Å². The van der Waals surface area contributed by atoms with Crippen molar-refractivity contribution < 1.29 is 23.9 Å². The molecule has 1 amide bonds. The van der Waals surface area contributed by atoms with E-state index in [1.165, 1.54) is 0 Å². The van der Waals surface area contributed by atoms with Crippen LogP contribution in [0, 0.1) is 0 Å². The Morgan fingerprint density at radius 1 is 1.19 bits per heavy atom. The van der Waals surface area contributed by atoms with Crippen LogP contribution in [0.2, 0.25) is 5.02 Å². The molecule has 3 N–H and O–H groups in total. The number of nitrogens with one attached hydrogen (secondary N) is 1. The number of thiophene rings is 1. The van der Waals surface area contributed by atoms with Crippen molar-refractivity contribution in [3.8, 4) is 11.1 Å². The van der Waals surface area contributed by atoms with Crippen molar-refractivity contribution in [1.82, 2.24) is 10.2 Å². The molecule has 3 rings (SSSR count). The summed E-state index contributed by atoms with van der Waals surface area (Å²) in [6.07, 6.45) is 0. The Kier molecular flexibility index (Phi) is 8.45. The number of nitrogens with two attached hydrogens (primary N) is 1. The van der Waals surface area contributed by atoms with Crippen molar-refractivity contribution >= 4 is 74.0 Å². The predicted octanol–water partition coefficient (Wildman–Crippen LogP) is 3.95. The summed E-state index contributed by atoms with van der Waals surface area (Å²) in [6, 6.07) is 7.04. The molecule has 2 heterocycles. The summed E-state index contributed by atoms with van der Waals surface area (Å²) in [4.78, 5) is 36.8. The highest BCUT2D eigenvalue weighted by atomic mass is 35.5. The number of carbonyl (C=O) groups is 3. The summed E-state index contributed by atoms with van der Waals surface area (Å²) in [5.41, 5.74) is 6.84. The van der Waals surface area contributed by atoms with Crippen LogP contribution >= 0.6 is 46.0 Å². The van der Waals surface area contributed by atoms with E-state index in [0.717, 1.165) is 34.4 Å². The predicted molar refractivity (Wildman–Crippen MR) is 125 cm³/mol. The first-order chi connectivity index (χ1) is 15.4. The number of nitrogens with zero attached hydrogens (tertiary/aromatic N) is 2. The van der Waals surface area contributed by atoms with E-state index in [0.29, 0.717) is 25.6 Å². The van der Waals surface area contributed by atoms with E-state index in [1.54, 1.807) is 36.6 Å². The van der Waals surface area contributed by atoms with Gasteiger partial charge in [-0.1, -0.05) is 52.9 Å². The molecule has 0 aliphatic heterocycles. The number of esters is 2. The lowest BCUT2D eigenvalue weighted by Crippen LogP contribution is -2.22. The third kappa shape index (κ3) is 6.19. The number of nitrogen functional groups attached to an aromatic ring is 1. The molecule has 0 saturated heterocycles. The molecule has 0 aliphatic carbocycles. The number of carbonyl (C=O) groups excluding carboxylic acids is 3. The number of hydrogen-bond acceptors (Lipinski definition) is 11. The minimum atomic E-state index is -0.604. The second kappa shape index (κ2) is 11.3. The Hall–Kier alpha value is -2.67. The van der Waals surface area contributed by atoms with Gasteiger partial charge in [0.25, 0.3) is 5.91 Å². The summed E-state index contributed by atoms with van der Waals surface area (Å²) < 4.78 is 10.7. The van der Waals surface area contributed by atoms with E-state index in [-0.39, 0.29) is 22.9 Å². The van der Waals surface area contributed by atoms with Gasteiger partial charge in [-0.3, -0.25) is 9.59 Å². The summed E-state index contributed by atoms with van der Waals surface area (Å²) >= 11 is 9.67. The summed E-state index contributed by atoms with van der Waals surface area (Å²) in [6.45, 7) is 1.34. The van der Waals surface area contributed by atoms with Crippen molar-refractivity contribution in [1.29, 1.82) is 0 Å². The third-order valence-electron chi connectivity index (χ3n) is 3.79. The number of thioether (sulfide) groups is 1. The largest absolute Gasteiger partial charge is 0.462 e. The number of hydrogen-bond donors (Lipinski definition) is 2. The van der Waals surface area contributed by atoms with E-state index in [1.807, 2.05) is 0 Å². The molecule has 0 atom stereocenters. The molecule has 1 aromatic carbocycles. The topological polar surface area (TPSA) is 134 Å². The number of anilines is 2. The molecule has 0 radical (unpaired) electrons. The van der Waals surface area contributed by atoms with Crippen LogP contribution in [0.1, 0.15) is 17.3 Å². The molecule has 0 saturated carbocycles. The van der Waals surface area contributed by atoms with Crippen molar-refractivity contribution in [2.75, 3.05) is 30.0 Å². The van der Waals surface area contributed by atoms with Crippen molar-refractivity contribution in [2.45, 2.75) is 11.3 Å². The van der Waals surface area contributed by atoms with Crippen LogP contribution in [0.4, 0.5) is 10.1 Å². The molecular weight excluding hydrogens is 496 g/mol. The number of benzene rings is 1. The second-order valence-corrected chi connectivity index (χ2v) is 9.48. The fourth-order valence-corrected chi connectivity index (χ4v) is 5.12. The Morgan fingerprint density at radius 2 is 1.97 bits per heavy atom. The van der Waals surface area contributed by atoms with Crippen molar-refractivity contribution in [2.24, 2.45) is 0 Å². The van der Waals surface area contributed by atoms with Crippen LogP contribution in [0.3, 0.4) is 0 Å². The lowest BCUT2D eigenvalue weighted by molar-refractivity contribution is -0.144. The maximum absolute atomic E-state index is 12.6. The molecule has 0 aliphatic rings. The fourth-order valence-electron chi connectivity index (χ4n) is 2.48. The van der Waals surface area contributed by atoms with Gasteiger partial charge in [-0.2, -0.15) is 0 Å². The van der Waals surface area contributed by atoms with Gasteiger partial charge >= 0.3 is 11.9 Å².